The molecule has 262 valence electrons. The molecular weight excluding hydrogens is 685 g/mol. The lowest BCUT2D eigenvalue weighted by molar-refractivity contribution is 0.671. The Morgan fingerprint density at radius 3 is 1.59 bits per heavy atom. The van der Waals surface area contributed by atoms with Crippen LogP contribution in [-0.4, -0.2) is 19.5 Å². The van der Waals surface area contributed by atoms with Gasteiger partial charge in [0.2, 0.25) is 0 Å². The lowest BCUT2D eigenvalue weighted by Gasteiger charge is -2.14. The maximum absolute atomic E-state index is 6.90. The lowest BCUT2D eigenvalue weighted by Crippen LogP contribution is -2.03. The van der Waals surface area contributed by atoms with Gasteiger partial charge in [-0.25, -0.2) is 15.0 Å². The van der Waals surface area contributed by atoms with Crippen LogP contribution in [0.5, 0.6) is 0 Å². The van der Waals surface area contributed by atoms with Crippen molar-refractivity contribution < 1.29 is 4.42 Å². The normalized spacial score (nSPS) is 11.6. The van der Waals surface area contributed by atoms with Gasteiger partial charge in [0.05, 0.1) is 16.7 Å². The van der Waals surface area contributed by atoms with E-state index in [0.29, 0.717) is 17.5 Å². The Bertz CT molecular complexity index is 3220. The zero-order chi connectivity index (χ0) is 37.0. The maximum Gasteiger partial charge on any atom is 0.166 e. The topological polar surface area (TPSA) is 56.7 Å². The van der Waals surface area contributed by atoms with E-state index in [1.807, 2.05) is 42.5 Å². The molecule has 5 heteroatoms. The molecule has 8 aromatic carbocycles. The summed E-state index contributed by atoms with van der Waals surface area (Å²) in [6.45, 7) is 0. The molecule has 0 atom stereocenters. The minimum atomic E-state index is 0.590. The van der Waals surface area contributed by atoms with E-state index >= 15 is 0 Å². The van der Waals surface area contributed by atoms with Gasteiger partial charge in [-0.05, 0) is 58.7 Å². The highest BCUT2D eigenvalue weighted by Crippen LogP contribution is 2.42. The fraction of sp³-hybridized carbons (Fsp3) is 0. The Kier molecular flexibility index (Phi) is 7.42. The minimum Gasteiger partial charge on any atom is -0.454 e. The fourth-order valence-corrected chi connectivity index (χ4v) is 7.98. The number of aromatic nitrogens is 4. The molecule has 0 bridgehead atoms. The molecule has 11 rings (SSSR count). The number of para-hydroxylation sites is 2. The minimum absolute atomic E-state index is 0.590. The van der Waals surface area contributed by atoms with Gasteiger partial charge >= 0.3 is 0 Å². The molecule has 0 unspecified atom stereocenters. The summed E-state index contributed by atoms with van der Waals surface area (Å²) in [6, 6.07) is 67.3. The quantitative estimate of drug-likeness (QED) is 0.172. The van der Waals surface area contributed by atoms with Crippen LogP contribution in [0.15, 0.2) is 199 Å². The molecule has 0 spiro atoms. The van der Waals surface area contributed by atoms with Crippen molar-refractivity contribution in [1.82, 2.24) is 19.5 Å². The number of furan rings is 1. The maximum atomic E-state index is 6.90. The Morgan fingerprint density at radius 2 is 0.857 bits per heavy atom. The van der Waals surface area contributed by atoms with Crippen LogP contribution in [0.25, 0.3) is 106 Å². The van der Waals surface area contributed by atoms with Crippen molar-refractivity contribution in [3.63, 3.8) is 0 Å². The molecule has 5 nitrogen and oxygen atoms in total. The van der Waals surface area contributed by atoms with Gasteiger partial charge in [0, 0.05) is 38.2 Å². The molecule has 0 amide bonds. The largest absolute Gasteiger partial charge is 0.454 e. The Balaban J connectivity index is 1.14. The molecule has 0 saturated carbocycles. The molecule has 0 aliphatic heterocycles. The Labute approximate surface area is 322 Å². The van der Waals surface area contributed by atoms with Crippen LogP contribution in [0.1, 0.15) is 0 Å². The third-order valence-electron chi connectivity index (χ3n) is 10.7. The third kappa shape index (κ3) is 5.29. The van der Waals surface area contributed by atoms with Gasteiger partial charge in [0.15, 0.2) is 23.1 Å². The van der Waals surface area contributed by atoms with Crippen molar-refractivity contribution in [2.75, 3.05) is 0 Å². The van der Waals surface area contributed by atoms with Crippen LogP contribution in [0.4, 0.5) is 0 Å². The van der Waals surface area contributed by atoms with E-state index in [1.165, 1.54) is 0 Å². The van der Waals surface area contributed by atoms with Crippen LogP contribution in [-0.2, 0) is 0 Å². The van der Waals surface area contributed by atoms with Crippen LogP contribution in [0.3, 0.4) is 0 Å². The van der Waals surface area contributed by atoms with Crippen LogP contribution < -0.4 is 0 Å². The highest BCUT2D eigenvalue weighted by Gasteiger charge is 2.22. The van der Waals surface area contributed by atoms with E-state index in [1.54, 1.807) is 0 Å². The van der Waals surface area contributed by atoms with Crippen molar-refractivity contribution in [3.05, 3.63) is 194 Å². The summed E-state index contributed by atoms with van der Waals surface area (Å²) in [7, 11) is 0. The zero-order valence-corrected chi connectivity index (χ0v) is 30.2. The summed E-state index contributed by atoms with van der Waals surface area (Å²) in [6.07, 6.45) is 0. The molecule has 11 aromatic rings. The van der Waals surface area contributed by atoms with Gasteiger partial charge in [0.25, 0.3) is 0 Å². The number of benzene rings is 8. The predicted octanol–water partition coefficient (Wildman–Crippen LogP) is 13.2. The van der Waals surface area contributed by atoms with Gasteiger partial charge in [-0.2, -0.15) is 0 Å². The van der Waals surface area contributed by atoms with Gasteiger partial charge in [-0.3, -0.25) is 0 Å². The Hall–Kier alpha value is -7.63. The van der Waals surface area contributed by atoms with Crippen molar-refractivity contribution in [1.29, 1.82) is 0 Å². The first-order chi connectivity index (χ1) is 27.8. The van der Waals surface area contributed by atoms with E-state index in [2.05, 4.69) is 156 Å². The Morgan fingerprint density at radius 1 is 0.357 bits per heavy atom. The molecule has 0 aliphatic carbocycles. The summed E-state index contributed by atoms with van der Waals surface area (Å²) in [5.41, 5.74) is 12.0. The molecular formula is C51H32N4O. The molecule has 3 heterocycles. The second-order valence-corrected chi connectivity index (χ2v) is 14.0. The van der Waals surface area contributed by atoms with E-state index in [4.69, 9.17) is 19.4 Å². The molecule has 3 aromatic heterocycles. The predicted molar refractivity (Wildman–Crippen MR) is 229 cm³/mol. The fourth-order valence-electron chi connectivity index (χ4n) is 7.98. The molecule has 0 aliphatic rings. The zero-order valence-electron chi connectivity index (χ0n) is 30.2. The third-order valence-corrected chi connectivity index (χ3v) is 10.7. The van der Waals surface area contributed by atoms with E-state index < -0.39 is 0 Å². The van der Waals surface area contributed by atoms with Crippen molar-refractivity contribution in [2.24, 2.45) is 0 Å². The summed E-state index contributed by atoms with van der Waals surface area (Å²) in [4.78, 5) is 15.4. The van der Waals surface area contributed by atoms with E-state index in [-0.39, 0.29) is 0 Å². The standard InChI is InChI=1S/C51H32N4O/c1-4-14-33(15-5-1)35-24-26-37(27-25-35)50-52-49(36-18-8-3-9-19-36)53-51(54-50)43-21-11-13-23-45(43)55-44-22-12-10-20-39(44)41-30-31-42-40-29-28-38(34-16-6-2-7-17-34)32-46(40)56-48(42)47(41)55/h1-32H. The first kappa shape index (κ1) is 31.9. The summed E-state index contributed by atoms with van der Waals surface area (Å²) in [5, 5.41) is 4.41. The number of nitrogens with zero attached hydrogens (tertiary/aromatic N) is 4. The monoisotopic (exact) mass is 716 g/mol. The van der Waals surface area contributed by atoms with Gasteiger partial charge in [-0.1, -0.05) is 158 Å². The number of fused-ring (bicyclic) bond motifs is 7. The molecule has 0 N–H and O–H groups in total. The number of rotatable bonds is 6. The number of hydrogen-bond acceptors (Lipinski definition) is 4. The average Bonchev–Trinajstić information content (AvgIpc) is 3.83. The van der Waals surface area contributed by atoms with Crippen LogP contribution >= 0.6 is 0 Å². The molecule has 0 radical (unpaired) electrons. The SMILES string of the molecule is c1ccc(-c2ccc(-c3nc(-c4ccccc4)nc(-c4ccccc4-n4c5ccccc5c5ccc6c7ccc(-c8ccccc8)cc7oc6c54)n3)cc2)cc1. The van der Waals surface area contributed by atoms with E-state index in [0.717, 1.165) is 88.4 Å². The van der Waals surface area contributed by atoms with Gasteiger partial charge in [-0.15, -0.1) is 0 Å². The summed E-state index contributed by atoms with van der Waals surface area (Å²) < 4.78 is 9.22. The second kappa shape index (κ2) is 13.0. The molecule has 0 saturated heterocycles. The smallest absolute Gasteiger partial charge is 0.166 e. The first-order valence-corrected chi connectivity index (χ1v) is 18.8. The highest BCUT2D eigenvalue weighted by molar-refractivity contribution is 6.21. The van der Waals surface area contributed by atoms with E-state index in [9.17, 15) is 0 Å². The van der Waals surface area contributed by atoms with Gasteiger partial charge < -0.3 is 8.98 Å². The van der Waals surface area contributed by atoms with Crippen molar-refractivity contribution in [2.45, 2.75) is 0 Å². The van der Waals surface area contributed by atoms with Crippen molar-refractivity contribution in [3.8, 4) is 62.1 Å². The summed E-state index contributed by atoms with van der Waals surface area (Å²) in [5.74, 6) is 1.81. The highest BCUT2D eigenvalue weighted by atomic mass is 16.3. The first-order valence-electron chi connectivity index (χ1n) is 18.8. The lowest BCUT2D eigenvalue weighted by atomic mass is 10.0. The van der Waals surface area contributed by atoms with Crippen LogP contribution in [0, 0.1) is 0 Å². The summed E-state index contributed by atoms with van der Waals surface area (Å²) >= 11 is 0. The average molecular weight is 717 g/mol. The van der Waals surface area contributed by atoms with Crippen LogP contribution in [0.2, 0.25) is 0 Å². The van der Waals surface area contributed by atoms with Crippen molar-refractivity contribution >= 4 is 43.7 Å². The number of hydrogen-bond donors (Lipinski definition) is 0. The molecule has 56 heavy (non-hydrogen) atoms. The van der Waals surface area contributed by atoms with Gasteiger partial charge in [0.1, 0.15) is 5.58 Å². The second-order valence-electron chi connectivity index (χ2n) is 14.0. The molecule has 0 fully saturated rings.